The number of esters is 1. The van der Waals surface area contributed by atoms with Crippen LogP contribution in [0.15, 0.2) is 48.5 Å². The van der Waals surface area contributed by atoms with Crippen LogP contribution < -0.4 is 9.64 Å². The van der Waals surface area contributed by atoms with E-state index in [-0.39, 0.29) is 19.4 Å². The first-order chi connectivity index (χ1) is 13.5. The van der Waals surface area contributed by atoms with Crippen LogP contribution in [0.3, 0.4) is 0 Å². The van der Waals surface area contributed by atoms with E-state index in [0.717, 1.165) is 0 Å². The van der Waals surface area contributed by atoms with Crippen LogP contribution in [0, 0.1) is 11.3 Å². The molecule has 1 amide bonds. The summed E-state index contributed by atoms with van der Waals surface area (Å²) >= 11 is 6.03. The number of rotatable bonds is 9. The van der Waals surface area contributed by atoms with Crippen LogP contribution in [0.1, 0.15) is 18.9 Å². The Labute approximate surface area is 169 Å². The Morgan fingerprint density at radius 2 is 1.86 bits per heavy atom. The van der Waals surface area contributed by atoms with Gasteiger partial charge in [0, 0.05) is 17.3 Å². The standard InChI is InChI=1S/C21H21ClN2O4/c1-2-27-18-10-8-17(9-11-18)24(13-5-12-23)20(25)15-28-21(26)14-16-6-3-4-7-19(16)22/h3-4,6-11H,2,5,13-15H2,1H3. The van der Waals surface area contributed by atoms with Gasteiger partial charge in [0.15, 0.2) is 6.61 Å². The summed E-state index contributed by atoms with van der Waals surface area (Å²) in [5, 5.41) is 9.33. The maximum atomic E-state index is 12.6. The van der Waals surface area contributed by atoms with Crippen molar-refractivity contribution in [3.63, 3.8) is 0 Å². The third kappa shape index (κ3) is 6.29. The summed E-state index contributed by atoms with van der Waals surface area (Å²) in [6.07, 6.45) is 0.140. The molecule has 0 unspecified atom stereocenters. The Hall–Kier alpha value is -3.04. The minimum atomic E-state index is -0.548. The number of amides is 1. The zero-order valence-electron chi connectivity index (χ0n) is 15.6. The third-order valence-electron chi connectivity index (χ3n) is 3.86. The zero-order chi connectivity index (χ0) is 20.4. The van der Waals surface area contributed by atoms with Gasteiger partial charge < -0.3 is 14.4 Å². The molecule has 2 aromatic rings. The van der Waals surface area contributed by atoms with Crippen LogP contribution in [-0.4, -0.2) is 31.6 Å². The molecule has 0 aliphatic heterocycles. The quantitative estimate of drug-likeness (QED) is 0.598. The molecule has 6 nitrogen and oxygen atoms in total. The number of benzene rings is 2. The molecule has 0 atom stereocenters. The molecule has 146 valence electrons. The molecule has 0 fully saturated rings. The van der Waals surface area contributed by atoms with Gasteiger partial charge in [0.2, 0.25) is 0 Å². The lowest BCUT2D eigenvalue weighted by atomic mass is 10.1. The van der Waals surface area contributed by atoms with Crippen LogP contribution in [0.5, 0.6) is 5.75 Å². The second-order valence-electron chi connectivity index (χ2n) is 5.81. The first-order valence-corrected chi connectivity index (χ1v) is 9.22. The average molecular weight is 401 g/mol. The molecule has 0 N–H and O–H groups in total. The van der Waals surface area contributed by atoms with Crippen molar-refractivity contribution in [2.45, 2.75) is 19.8 Å². The van der Waals surface area contributed by atoms with Gasteiger partial charge in [-0.25, -0.2) is 0 Å². The van der Waals surface area contributed by atoms with Crippen molar-refractivity contribution in [1.29, 1.82) is 5.26 Å². The number of nitriles is 1. The Morgan fingerprint density at radius 3 is 2.50 bits per heavy atom. The van der Waals surface area contributed by atoms with Crippen LogP contribution in [0.4, 0.5) is 5.69 Å². The van der Waals surface area contributed by atoms with Gasteiger partial charge in [0.05, 0.1) is 25.5 Å². The van der Waals surface area contributed by atoms with Gasteiger partial charge in [-0.2, -0.15) is 5.26 Å². The fourth-order valence-electron chi connectivity index (χ4n) is 2.52. The first kappa shape index (κ1) is 21.3. The Balaban J connectivity index is 1.99. The summed E-state index contributed by atoms with van der Waals surface area (Å²) < 4.78 is 10.5. The van der Waals surface area contributed by atoms with Gasteiger partial charge in [-0.1, -0.05) is 29.8 Å². The topological polar surface area (TPSA) is 79.6 Å². The van der Waals surface area contributed by atoms with Gasteiger partial charge in [-0.3, -0.25) is 9.59 Å². The van der Waals surface area contributed by atoms with Crippen LogP contribution in [0.25, 0.3) is 0 Å². The molecule has 0 radical (unpaired) electrons. The molecule has 0 heterocycles. The maximum Gasteiger partial charge on any atom is 0.310 e. The lowest BCUT2D eigenvalue weighted by molar-refractivity contribution is -0.147. The van der Waals surface area contributed by atoms with E-state index >= 15 is 0 Å². The van der Waals surface area contributed by atoms with E-state index in [2.05, 4.69) is 0 Å². The van der Waals surface area contributed by atoms with Crippen LogP contribution in [-0.2, 0) is 20.7 Å². The van der Waals surface area contributed by atoms with E-state index in [1.54, 1.807) is 48.5 Å². The molecule has 0 spiro atoms. The molecule has 2 rings (SSSR count). The summed E-state index contributed by atoms with van der Waals surface area (Å²) in [4.78, 5) is 26.0. The van der Waals surface area contributed by atoms with Crippen molar-refractivity contribution in [3.8, 4) is 11.8 Å². The van der Waals surface area contributed by atoms with Crippen molar-refractivity contribution >= 4 is 29.2 Å². The van der Waals surface area contributed by atoms with E-state index in [4.69, 9.17) is 26.3 Å². The lowest BCUT2D eigenvalue weighted by Crippen LogP contribution is -2.35. The van der Waals surface area contributed by atoms with Gasteiger partial charge >= 0.3 is 5.97 Å². The van der Waals surface area contributed by atoms with Crippen molar-refractivity contribution in [3.05, 3.63) is 59.1 Å². The fourth-order valence-corrected chi connectivity index (χ4v) is 2.72. The van der Waals surface area contributed by atoms with E-state index in [1.807, 2.05) is 13.0 Å². The highest BCUT2D eigenvalue weighted by Gasteiger charge is 2.18. The summed E-state index contributed by atoms with van der Waals surface area (Å²) in [6, 6.07) is 15.9. The Morgan fingerprint density at radius 1 is 1.14 bits per heavy atom. The minimum Gasteiger partial charge on any atom is -0.494 e. The summed E-state index contributed by atoms with van der Waals surface area (Å²) in [5.41, 5.74) is 1.24. The third-order valence-corrected chi connectivity index (χ3v) is 4.23. The van der Waals surface area contributed by atoms with Crippen molar-refractivity contribution in [2.75, 3.05) is 24.7 Å². The van der Waals surface area contributed by atoms with Gasteiger partial charge in [-0.05, 0) is 42.8 Å². The van der Waals surface area contributed by atoms with Crippen LogP contribution >= 0.6 is 11.6 Å². The second-order valence-corrected chi connectivity index (χ2v) is 6.22. The van der Waals surface area contributed by atoms with E-state index in [9.17, 15) is 9.59 Å². The van der Waals surface area contributed by atoms with Crippen molar-refractivity contribution in [2.24, 2.45) is 0 Å². The summed E-state index contributed by atoms with van der Waals surface area (Å²) in [6.45, 7) is 2.21. The summed E-state index contributed by atoms with van der Waals surface area (Å²) in [7, 11) is 0. The molecule has 0 aliphatic rings. The molecular formula is C21H21ClN2O4. The molecule has 0 saturated heterocycles. The maximum absolute atomic E-state index is 12.6. The van der Waals surface area contributed by atoms with Crippen molar-refractivity contribution in [1.82, 2.24) is 0 Å². The van der Waals surface area contributed by atoms with Gasteiger partial charge in [0.25, 0.3) is 5.91 Å². The van der Waals surface area contributed by atoms with Crippen molar-refractivity contribution < 1.29 is 19.1 Å². The van der Waals surface area contributed by atoms with E-state index < -0.39 is 18.5 Å². The smallest absolute Gasteiger partial charge is 0.310 e. The Kier molecular flexibility index (Phi) is 8.32. The number of nitrogens with zero attached hydrogens (tertiary/aromatic N) is 2. The molecule has 28 heavy (non-hydrogen) atoms. The average Bonchev–Trinajstić information content (AvgIpc) is 2.70. The highest BCUT2D eigenvalue weighted by atomic mass is 35.5. The number of anilines is 1. The molecule has 0 bridgehead atoms. The zero-order valence-corrected chi connectivity index (χ0v) is 16.3. The molecule has 2 aromatic carbocycles. The predicted molar refractivity (Wildman–Crippen MR) is 106 cm³/mol. The number of carbonyl (C=O) groups is 2. The van der Waals surface area contributed by atoms with Gasteiger partial charge in [-0.15, -0.1) is 0 Å². The molecular weight excluding hydrogens is 380 g/mol. The van der Waals surface area contributed by atoms with E-state index in [0.29, 0.717) is 28.6 Å². The van der Waals surface area contributed by atoms with E-state index in [1.165, 1.54) is 4.90 Å². The predicted octanol–water partition coefficient (Wildman–Crippen LogP) is 3.77. The lowest BCUT2D eigenvalue weighted by Gasteiger charge is -2.22. The highest BCUT2D eigenvalue weighted by molar-refractivity contribution is 6.31. The normalized spacial score (nSPS) is 10.0. The molecule has 0 aliphatic carbocycles. The second kappa shape index (κ2) is 11.0. The SMILES string of the molecule is CCOc1ccc(N(CCC#N)C(=O)COC(=O)Cc2ccccc2Cl)cc1. The highest BCUT2D eigenvalue weighted by Crippen LogP contribution is 2.20. The molecule has 0 aromatic heterocycles. The monoisotopic (exact) mass is 400 g/mol. The Bertz CT molecular complexity index is 846. The number of hydrogen-bond donors (Lipinski definition) is 0. The number of halogens is 1. The minimum absolute atomic E-state index is 0.0196. The van der Waals surface area contributed by atoms with Gasteiger partial charge in [0.1, 0.15) is 5.75 Å². The number of hydrogen-bond acceptors (Lipinski definition) is 5. The number of ether oxygens (including phenoxy) is 2. The fraction of sp³-hybridized carbons (Fsp3) is 0.286. The largest absolute Gasteiger partial charge is 0.494 e. The molecule has 0 saturated carbocycles. The number of carbonyl (C=O) groups excluding carboxylic acids is 2. The molecule has 7 heteroatoms. The summed E-state index contributed by atoms with van der Waals surface area (Å²) in [5.74, 6) is -0.273. The first-order valence-electron chi connectivity index (χ1n) is 8.84. The van der Waals surface area contributed by atoms with Crippen LogP contribution in [0.2, 0.25) is 5.02 Å².